The van der Waals surface area contributed by atoms with E-state index in [0.717, 1.165) is 12.1 Å². The molecule has 0 unspecified atom stereocenters. The van der Waals surface area contributed by atoms with Gasteiger partial charge in [0.05, 0.1) is 12.1 Å². The van der Waals surface area contributed by atoms with Crippen LogP contribution in [0.3, 0.4) is 0 Å². The average molecular weight is 305 g/mol. The number of ether oxygens (including phenoxy) is 1. The number of halogens is 3. The zero-order chi connectivity index (χ0) is 16.0. The van der Waals surface area contributed by atoms with Crippen LogP contribution in [0, 0.1) is 0 Å². The first kappa shape index (κ1) is 16.6. The quantitative estimate of drug-likeness (QED) is 0.720. The average Bonchev–Trinajstić information content (AvgIpc) is 2.41. The fraction of sp³-hybridized carbons (Fsp3) is 0.333. The van der Waals surface area contributed by atoms with Gasteiger partial charge < -0.3 is 21.1 Å². The Labute approximate surface area is 118 Å². The second kappa shape index (κ2) is 6.82. The summed E-state index contributed by atoms with van der Waals surface area (Å²) < 4.78 is 42.9. The summed E-state index contributed by atoms with van der Waals surface area (Å²) in [5.74, 6) is -0.712. The van der Waals surface area contributed by atoms with Gasteiger partial charge in [-0.05, 0) is 18.2 Å². The van der Waals surface area contributed by atoms with Gasteiger partial charge in [0.1, 0.15) is 6.61 Å². The first-order valence-corrected chi connectivity index (χ1v) is 5.85. The first-order chi connectivity index (χ1) is 9.75. The molecule has 9 heteroatoms. The van der Waals surface area contributed by atoms with Crippen LogP contribution in [0.2, 0.25) is 0 Å². The van der Waals surface area contributed by atoms with Crippen molar-refractivity contribution in [1.29, 1.82) is 0 Å². The Hall–Kier alpha value is -2.45. The molecule has 0 fully saturated rings. The van der Waals surface area contributed by atoms with Crippen LogP contribution in [-0.2, 0) is 10.9 Å². The van der Waals surface area contributed by atoms with Gasteiger partial charge in [0.15, 0.2) is 0 Å². The molecule has 116 valence electrons. The van der Waals surface area contributed by atoms with Gasteiger partial charge in [-0.1, -0.05) is 0 Å². The Balaban J connectivity index is 2.79. The largest absolute Gasteiger partial charge is 0.448 e. The Morgan fingerprint density at radius 3 is 2.52 bits per heavy atom. The molecule has 0 radical (unpaired) electrons. The Bertz CT molecular complexity index is 532. The minimum atomic E-state index is -4.58. The summed E-state index contributed by atoms with van der Waals surface area (Å²) in [6.45, 7) is -0.224. The lowest BCUT2D eigenvalue weighted by Gasteiger charge is -2.14. The lowest BCUT2D eigenvalue weighted by molar-refractivity contribution is -0.136. The predicted molar refractivity (Wildman–Crippen MR) is 68.9 cm³/mol. The molecule has 1 rings (SSSR count). The molecule has 4 N–H and O–H groups in total. The molecule has 0 atom stereocenters. The topological polar surface area (TPSA) is 93.4 Å². The van der Waals surface area contributed by atoms with Crippen molar-refractivity contribution < 1.29 is 27.5 Å². The zero-order valence-electron chi connectivity index (χ0n) is 11.1. The molecule has 0 saturated carbocycles. The van der Waals surface area contributed by atoms with Gasteiger partial charge in [0, 0.05) is 18.3 Å². The second-order valence-corrected chi connectivity index (χ2v) is 3.93. The van der Waals surface area contributed by atoms with Crippen LogP contribution >= 0.6 is 0 Å². The first-order valence-electron chi connectivity index (χ1n) is 5.85. The maximum atomic E-state index is 12.8. The Morgan fingerprint density at radius 2 is 2.00 bits per heavy atom. The lowest BCUT2D eigenvalue weighted by Crippen LogP contribution is -2.29. The highest BCUT2D eigenvalue weighted by Crippen LogP contribution is 2.35. The number of alkyl halides is 3. The molecule has 0 saturated heterocycles. The van der Waals surface area contributed by atoms with Crippen molar-refractivity contribution in [3.05, 3.63) is 29.3 Å². The van der Waals surface area contributed by atoms with E-state index in [-0.39, 0.29) is 24.4 Å². The smallest absolute Gasteiger partial charge is 0.418 e. The van der Waals surface area contributed by atoms with Crippen LogP contribution in [-0.4, -0.2) is 32.2 Å². The van der Waals surface area contributed by atoms with Crippen molar-refractivity contribution in [3.63, 3.8) is 0 Å². The fourth-order valence-corrected chi connectivity index (χ4v) is 1.56. The third kappa shape index (κ3) is 4.86. The number of anilines is 1. The molecule has 2 amide bonds. The van der Waals surface area contributed by atoms with E-state index in [1.165, 1.54) is 13.1 Å². The highest BCUT2D eigenvalue weighted by molar-refractivity contribution is 5.95. The summed E-state index contributed by atoms with van der Waals surface area (Å²) in [5, 5.41) is 4.72. The lowest BCUT2D eigenvalue weighted by atomic mass is 10.1. The molecule has 0 spiro atoms. The van der Waals surface area contributed by atoms with Crippen molar-refractivity contribution in [2.45, 2.75) is 6.18 Å². The number of hydrogen-bond acceptors (Lipinski definition) is 4. The van der Waals surface area contributed by atoms with Crippen LogP contribution in [0.4, 0.5) is 23.7 Å². The minimum Gasteiger partial charge on any atom is -0.448 e. The van der Waals surface area contributed by atoms with E-state index in [4.69, 9.17) is 5.73 Å². The van der Waals surface area contributed by atoms with Crippen LogP contribution in [0.1, 0.15) is 15.9 Å². The predicted octanol–water partition coefficient (Wildman–Crippen LogP) is 1.57. The van der Waals surface area contributed by atoms with E-state index in [2.05, 4.69) is 15.4 Å². The van der Waals surface area contributed by atoms with Crippen molar-refractivity contribution >= 4 is 17.7 Å². The molecular formula is C12H14F3N3O3. The highest BCUT2D eigenvalue weighted by atomic mass is 19.4. The maximum Gasteiger partial charge on any atom is 0.418 e. The maximum absolute atomic E-state index is 12.8. The minimum absolute atomic E-state index is 0.0586. The molecule has 0 aromatic heterocycles. The van der Waals surface area contributed by atoms with Gasteiger partial charge in [0.25, 0.3) is 5.91 Å². The van der Waals surface area contributed by atoms with Gasteiger partial charge in [-0.25, -0.2) is 4.79 Å². The molecule has 0 aliphatic rings. The number of benzene rings is 1. The van der Waals surface area contributed by atoms with E-state index in [0.29, 0.717) is 0 Å². The third-order valence-corrected chi connectivity index (χ3v) is 2.49. The van der Waals surface area contributed by atoms with Crippen LogP contribution in [0.15, 0.2) is 18.2 Å². The third-order valence-electron chi connectivity index (χ3n) is 2.49. The van der Waals surface area contributed by atoms with Crippen molar-refractivity contribution in [1.82, 2.24) is 5.32 Å². The van der Waals surface area contributed by atoms with Gasteiger partial charge in [-0.15, -0.1) is 0 Å². The molecule has 0 aliphatic carbocycles. The molecule has 6 nitrogen and oxygen atoms in total. The summed E-state index contributed by atoms with van der Waals surface area (Å²) in [4.78, 5) is 22.0. The van der Waals surface area contributed by atoms with E-state index in [1.54, 1.807) is 0 Å². The Kier molecular flexibility index (Phi) is 5.39. The monoisotopic (exact) mass is 305 g/mol. The summed E-state index contributed by atoms with van der Waals surface area (Å²) in [7, 11) is 1.35. The van der Waals surface area contributed by atoms with Crippen LogP contribution < -0.4 is 16.4 Å². The number of nitrogens with one attached hydrogen (secondary N) is 2. The summed E-state index contributed by atoms with van der Waals surface area (Å²) >= 11 is 0. The molecule has 1 aromatic rings. The molecule has 1 aromatic carbocycles. The number of primary amides is 1. The van der Waals surface area contributed by atoms with Gasteiger partial charge in [0.2, 0.25) is 0 Å². The molecule has 0 heterocycles. The number of rotatable bonds is 5. The number of carbonyl (C=O) groups is 2. The number of amides is 2. The molecular weight excluding hydrogens is 291 g/mol. The van der Waals surface area contributed by atoms with E-state index >= 15 is 0 Å². The zero-order valence-corrected chi connectivity index (χ0v) is 11.1. The number of carbonyl (C=O) groups excluding carboxylic acids is 2. The number of hydrogen-bond donors (Lipinski definition) is 3. The van der Waals surface area contributed by atoms with E-state index in [1.807, 2.05) is 0 Å². The summed E-state index contributed by atoms with van der Waals surface area (Å²) in [6.07, 6.45) is -5.58. The highest BCUT2D eigenvalue weighted by Gasteiger charge is 2.34. The van der Waals surface area contributed by atoms with Crippen LogP contribution in [0.5, 0.6) is 0 Å². The standard InChI is InChI=1S/C12H14F3N3O3/c1-17-9-3-2-7(6-8(9)12(13,14)15)10(19)18-4-5-21-11(16)20/h2-3,6,17H,4-5H2,1H3,(H2,16,20)(H,18,19). The fourth-order valence-electron chi connectivity index (χ4n) is 1.56. The van der Waals surface area contributed by atoms with Gasteiger partial charge in [-0.2, -0.15) is 13.2 Å². The summed E-state index contributed by atoms with van der Waals surface area (Å²) in [5.41, 5.74) is 3.49. The van der Waals surface area contributed by atoms with Gasteiger partial charge >= 0.3 is 12.3 Å². The SMILES string of the molecule is CNc1ccc(C(=O)NCCOC(N)=O)cc1C(F)(F)F. The molecule has 0 bridgehead atoms. The second-order valence-electron chi connectivity index (χ2n) is 3.93. The van der Waals surface area contributed by atoms with E-state index < -0.39 is 23.7 Å². The molecule has 0 aliphatic heterocycles. The number of nitrogens with two attached hydrogens (primary N) is 1. The van der Waals surface area contributed by atoms with Crippen LogP contribution in [0.25, 0.3) is 0 Å². The Morgan fingerprint density at radius 1 is 1.33 bits per heavy atom. The van der Waals surface area contributed by atoms with Crippen molar-refractivity contribution in [2.24, 2.45) is 5.73 Å². The van der Waals surface area contributed by atoms with Crippen molar-refractivity contribution in [3.8, 4) is 0 Å². The summed E-state index contributed by atoms with van der Waals surface area (Å²) in [6, 6.07) is 3.17. The van der Waals surface area contributed by atoms with Crippen molar-refractivity contribution in [2.75, 3.05) is 25.5 Å². The molecule has 21 heavy (non-hydrogen) atoms. The normalized spacial score (nSPS) is 10.9. The van der Waals surface area contributed by atoms with E-state index in [9.17, 15) is 22.8 Å². The van der Waals surface area contributed by atoms with Gasteiger partial charge in [-0.3, -0.25) is 4.79 Å².